The molecule has 94 valence electrons. The number of rotatable bonds is 2. The van der Waals surface area contributed by atoms with Gasteiger partial charge in [0.1, 0.15) is 11.0 Å². The highest BCUT2D eigenvalue weighted by molar-refractivity contribution is 7.00. The van der Waals surface area contributed by atoms with Gasteiger partial charge < -0.3 is 5.32 Å². The summed E-state index contributed by atoms with van der Waals surface area (Å²) in [7, 11) is 0. The van der Waals surface area contributed by atoms with Crippen molar-refractivity contribution in [1.82, 2.24) is 14.1 Å². The van der Waals surface area contributed by atoms with Crippen LogP contribution in [0.2, 0.25) is 0 Å². The topological polar surface area (TPSA) is 54.9 Å². The summed E-state index contributed by atoms with van der Waals surface area (Å²) >= 11 is 1.18. The lowest BCUT2D eigenvalue weighted by atomic mass is 9.95. The number of hydrogen-bond donors (Lipinski definition) is 1. The summed E-state index contributed by atoms with van der Waals surface area (Å²) in [6.45, 7) is 0. The number of nitrogens with one attached hydrogen (secondary N) is 1. The Morgan fingerprint density at radius 1 is 1.17 bits per heavy atom. The van der Waals surface area contributed by atoms with Crippen LogP contribution >= 0.6 is 11.7 Å². The predicted octanol–water partition coefficient (Wildman–Crippen LogP) is 2.75. The quantitative estimate of drug-likeness (QED) is 0.904. The average Bonchev–Trinajstić information content (AvgIpc) is 2.87. The lowest BCUT2D eigenvalue weighted by Crippen LogP contribution is -2.36. The minimum Gasteiger partial charge on any atom is -0.349 e. The Morgan fingerprint density at radius 2 is 1.94 bits per heavy atom. The van der Waals surface area contributed by atoms with E-state index >= 15 is 0 Å². The molecule has 1 aromatic carbocycles. The van der Waals surface area contributed by atoms with Gasteiger partial charge in [-0.15, -0.1) is 0 Å². The van der Waals surface area contributed by atoms with Gasteiger partial charge in [-0.1, -0.05) is 19.3 Å². The highest BCUT2D eigenvalue weighted by Crippen LogP contribution is 2.18. The van der Waals surface area contributed by atoms with E-state index in [0.717, 1.165) is 23.9 Å². The molecule has 3 rings (SSSR count). The molecule has 1 N–H and O–H groups in total. The highest BCUT2D eigenvalue weighted by atomic mass is 32.1. The second-order valence-electron chi connectivity index (χ2n) is 4.78. The van der Waals surface area contributed by atoms with E-state index < -0.39 is 0 Å². The molecular weight excluding hydrogens is 246 g/mol. The number of amides is 1. The van der Waals surface area contributed by atoms with Crippen LogP contribution in [0.5, 0.6) is 0 Å². The molecule has 5 heteroatoms. The molecule has 0 radical (unpaired) electrons. The molecule has 1 aliphatic rings. The van der Waals surface area contributed by atoms with Crippen LogP contribution in [-0.4, -0.2) is 20.7 Å². The van der Waals surface area contributed by atoms with Crippen LogP contribution in [-0.2, 0) is 0 Å². The summed E-state index contributed by atoms with van der Waals surface area (Å²) in [4.78, 5) is 12.1. The summed E-state index contributed by atoms with van der Waals surface area (Å²) in [6, 6.07) is 5.84. The second-order valence-corrected chi connectivity index (χ2v) is 5.30. The van der Waals surface area contributed by atoms with Crippen molar-refractivity contribution in [1.29, 1.82) is 0 Å². The van der Waals surface area contributed by atoms with E-state index in [4.69, 9.17) is 0 Å². The third kappa shape index (κ3) is 2.36. The van der Waals surface area contributed by atoms with Crippen LogP contribution in [0.3, 0.4) is 0 Å². The normalized spacial score (nSPS) is 16.9. The maximum atomic E-state index is 12.1. The Hall–Kier alpha value is -1.49. The van der Waals surface area contributed by atoms with Crippen LogP contribution in [0, 0.1) is 0 Å². The van der Waals surface area contributed by atoms with Crippen LogP contribution in [0.4, 0.5) is 0 Å². The third-order valence-electron chi connectivity index (χ3n) is 3.46. The van der Waals surface area contributed by atoms with Crippen LogP contribution in [0.15, 0.2) is 18.2 Å². The molecule has 0 aliphatic heterocycles. The largest absolute Gasteiger partial charge is 0.349 e. The molecule has 0 atom stereocenters. The van der Waals surface area contributed by atoms with Gasteiger partial charge in [0.05, 0.1) is 11.7 Å². The van der Waals surface area contributed by atoms with E-state index in [-0.39, 0.29) is 5.91 Å². The maximum absolute atomic E-state index is 12.1. The molecule has 18 heavy (non-hydrogen) atoms. The molecule has 1 fully saturated rings. The van der Waals surface area contributed by atoms with Gasteiger partial charge in [0, 0.05) is 11.6 Å². The first-order chi connectivity index (χ1) is 8.83. The van der Waals surface area contributed by atoms with Gasteiger partial charge in [0.25, 0.3) is 5.91 Å². The summed E-state index contributed by atoms with van der Waals surface area (Å²) in [5.74, 6) is 0.0109. The van der Waals surface area contributed by atoms with Crippen LogP contribution in [0.25, 0.3) is 11.0 Å². The standard InChI is InChI=1S/C13H15N3OS/c17-13(14-10-4-2-1-3-5-10)9-6-7-11-12(8-9)16-18-15-11/h6-8,10H,1-5H2,(H,14,17). The van der Waals surface area contributed by atoms with E-state index in [0.29, 0.717) is 11.6 Å². The fraction of sp³-hybridized carbons (Fsp3) is 0.462. The number of hydrogen-bond acceptors (Lipinski definition) is 4. The molecule has 1 amide bonds. The summed E-state index contributed by atoms with van der Waals surface area (Å²) < 4.78 is 8.29. The molecule has 1 aliphatic carbocycles. The van der Waals surface area contributed by atoms with Gasteiger partial charge in [0.15, 0.2) is 0 Å². The second kappa shape index (κ2) is 5.02. The number of fused-ring (bicyclic) bond motifs is 1. The zero-order valence-electron chi connectivity index (χ0n) is 10.1. The number of benzene rings is 1. The molecule has 0 spiro atoms. The first-order valence-corrected chi connectivity index (χ1v) is 7.09. The Balaban J connectivity index is 1.74. The van der Waals surface area contributed by atoms with E-state index in [2.05, 4.69) is 14.1 Å². The minimum atomic E-state index is 0.0109. The molecule has 1 aromatic heterocycles. The molecule has 0 bridgehead atoms. The molecule has 1 saturated carbocycles. The van der Waals surface area contributed by atoms with Crippen molar-refractivity contribution in [2.24, 2.45) is 0 Å². The Morgan fingerprint density at radius 3 is 2.78 bits per heavy atom. The van der Waals surface area contributed by atoms with E-state index in [9.17, 15) is 4.79 Å². The average molecular weight is 261 g/mol. The molecular formula is C13H15N3OS. The summed E-state index contributed by atoms with van der Waals surface area (Å²) in [5, 5.41) is 3.11. The smallest absolute Gasteiger partial charge is 0.251 e. The van der Waals surface area contributed by atoms with Crippen molar-refractivity contribution in [3.05, 3.63) is 23.8 Å². The molecule has 1 heterocycles. The van der Waals surface area contributed by atoms with E-state index in [1.54, 1.807) is 0 Å². The maximum Gasteiger partial charge on any atom is 0.251 e. The van der Waals surface area contributed by atoms with Crippen molar-refractivity contribution in [2.45, 2.75) is 38.1 Å². The van der Waals surface area contributed by atoms with Crippen molar-refractivity contribution < 1.29 is 4.79 Å². The van der Waals surface area contributed by atoms with Crippen molar-refractivity contribution in [2.75, 3.05) is 0 Å². The van der Waals surface area contributed by atoms with E-state index in [1.807, 2.05) is 18.2 Å². The number of carbonyl (C=O) groups excluding carboxylic acids is 1. The van der Waals surface area contributed by atoms with Gasteiger partial charge in [-0.3, -0.25) is 4.79 Å². The van der Waals surface area contributed by atoms with Crippen LogP contribution in [0.1, 0.15) is 42.5 Å². The minimum absolute atomic E-state index is 0.0109. The summed E-state index contributed by atoms with van der Waals surface area (Å²) in [5.41, 5.74) is 2.34. The Kier molecular flexibility index (Phi) is 3.23. The number of nitrogens with zero attached hydrogens (tertiary/aromatic N) is 2. The SMILES string of the molecule is O=C(NC1CCCCC1)c1ccc2nsnc2c1. The van der Waals surface area contributed by atoms with Crippen LogP contribution < -0.4 is 5.32 Å². The van der Waals surface area contributed by atoms with Gasteiger partial charge in [-0.25, -0.2) is 0 Å². The van der Waals surface area contributed by atoms with E-state index in [1.165, 1.54) is 31.0 Å². The predicted molar refractivity (Wildman–Crippen MR) is 71.8 cm³/mol. The van der Waals surface area contributed by atoms with Gasteiger partial charge in [-0.05, 0) is 31.0 Å². The zero-order valence-corrected chi connectivity index (χ0v) is 10.9. The third-order valence-corrected chi connectivity index (χ3v) is 4.01. The Labute approximate surface area is 110 Å². The lowest BCUT2D eigenvalue weighted by Gasteiger charge is -2.22. The fourth-order valence-electron chi connectivity index (χ4n) is 2.44. The molecule has 4 nitrogen and oxygen atoms in total. The zero-order chi connectivity index (χ0) is 12.4. The van der Waals surface area contributed by atoms with Gasteiger partial charge in [0.2, 0.25) is 0 Å². The first kappa shape index (κ1) is 11.6. The highest BCUT2D eigenvalue weighted by Gasteiger charge is 2.17. The lowest BCUT2D eigenvalue weighted by molar-refractivity contribution is 0.0928. The molecule has 0 saturated heterocycles. The molecule has 2 aromatic rings. The Bertz CT molecular complexity index is 560. The van der Waals surface area contributed by atoms with Crippen molar-refractivity contribution in [3.63, 3.8) is 0 Å². The van der Waals surface area contributed by atoms with Crippen molar-refractivity contribution >= 4 is 28.7 Å². The number of carbonyl (C=O) groups is 1. The van der Waals surface area contributed by atoms with Gasteiger partial charge >= 0.3 is 0 Å². The monoisotopic (exact) mass is 261 g/mol. The summed E-state index contributed by atoms with van der Waals surface area (Å²) in [6.07, 6.45) is 5.95. The first-order valence-electron chi connectivity index (χ1n) is 6.36. The van der Waals surface area contributed by atoms with Crippen molar-refractivity contribution in [3.8, 4) is 0 Å². The number of aromatic nitrogens is 2. The molecule has 0 unspecified atom stereocenters. The van der Waals surface area contributed by atoms with Gasteiger partial charge in [-0.2, -0.15) is 8.75 Å². The fourth-order valence-corrected chi connectivity index (χ4v) is 2.96.